The maximum Gasteiger partial charge on any atom is 0.466 e. The predicted octanol–water partition coefficient (Wildman–Crippen LogP) is 2.14. The zero-order valence-electron chi connectivity index (χ0n) is 21.9. The Morgan fingerprint density at radius 1 is 1.18 bits per heavy atom. The summed E-state index contributed by atoms with van der Waals surface area (Å²) in [7, 11) is -4.64. The molecule has 3 rings (SSSR count). The lowest BCUT2D eigenvalue weighted by atomic mass is 9.98. The summed E-state index contributed by atoms with van der Waals surface area (Å²) in [5, 5.41) is 12.5. The zero-order valence-corrected chi connectivity index (χ0v) is 22.8. The molecule has 1 atom stereocenters. The standard InChI is InChI=1S/C25H32F3N3O4.H3O4P/c1-17(30-8-12-34-21-5-2-3-6-22(21)35-16-25(26,27)28)13-18-14-19-7-10-31(9-4-11-32)23(19)20(15-18)24(29)33;1-5(2,3)4/h2-3,5-6,14-15,17,30,32H,4,7-13,16H2,1H3,(H2,29,33);(H3,1,2,3,4)/t17-;/m1./s1. The topological polar surface area (TPSA) is 175 Å². The van der Waals surface area contributed by atoms with E-state index in [1.54, 1.807) is 18.2 Å². The number of hydrogen-bond acceptors (Lipinski definition) is 7. The molecular weight excluding hydrogens is 558 g/mol. The van der Waals surface area contributed by atoms with Crippen LogP contribution in [0.5, 0.6) is 11.5 Å². The van der Waals surface area contributed by atoms with Crippen molar-refractivity contribution in [3.63, 3.8) is 0 Å². The highest BCUT2D eigenvalue weighted by atomic mass is 31.2. The van der Waals surface area contributed by atoms with Crippen molar-refractivity contribution >= 4 is 19.4 Å². The molecule has 0 aliphatic carbocycles. The molecule has 0 spiro atoms. The largest absolute Gasteiger partial charge is 0.488 e. The first kappa shape index (κ1) is 33.3. The molecule has 0 radical (unpaired) electrons. The highest BCUT2D eigenvalue weighted by molar-refractivity contribution is 7.45. The number of ether oxygens (including phenoxy) is 2. The van der Waals surface area contributed by atoms with Crippen LogP contribution in [0.3, 0.4) is 0 Å². The van der Waals surface area contributed by atoms with Gasteiger partial charge in [-0.1, -0.05) is 18.2 Å². The molecule has 1 aliphatic rings. The second-order valence-electron chi connectivity index (χ2n) is 9.10. The van der Waals surface area contributed by atoms with Gasteiger partial charge in [0, 0.05) is 32.3 Å². The van der Waals surface area contributed by atoms with E-state index in [2.05, 4.69) is 16.3 Å². The number of aliphatic hydroxyl groups is 1. The quantitative estimate of drug-likeness (QED) is 0.149. The van der Waals surface area contributed by atoms with Gasteiger partial charge in [-0.3, -0.25) is 4.79 Å². The van der Waals surface area contributed by atoms with Crippen LogP contribution >= 0.6 is 7.82 Å². The molecule has 224 valence electrons. The second-order valence-corrected chi connectivity index (χ2v) is 10.1. The van der Waals surface area contributed by atoms with Gasteiger partial charge in [-0.05, 0) is 55.5 Å². The number of nitrogens with one attached hydrogen (secondary N) is 1. The highest BCUT2D eigenvalue weighted by Gasteiger charge is 2.29. The number of benzene rings is 2. The lowest BCUT2D eigenvalue weighted by molar-refractivity contribution is -0.153. The van der Waals surface area contributed by atoms with Crippen molar-refractivity contribution in [2.24, 2.45) is 5.73 Å². The summed E-state index contributed by atoms with van der Waals surface area (Å²) < 4.78 is 56.7. The Morgan fingerprint density at radius 3 is 2.38 bits per heavy atom. The summed E-state index contributed by atoms with van der Waals surface area (Å²) >= 11 is 0. The molecule has 15 heteroatoms. The minimum Gasteiger partial charge on any atom is -0.488 e. The van der Waals surface area contributed by atoms with Gasteiger partial charge >= 0.3 is 14.0 Å². The van der Waals surface area contributed by atoms with Crippen LogP contribution in [-0.2, 0) is 17.4 Å². The minimum atomic E-state index is -4.64. The smallest absolute Gasteiger partial charge is 0.466 e. The maximum absolute atomic E-state index is 12.4. The molecule has 0 unspecified atom stereocenters. The van der Waals surface area contributed by atoms with Crippen molar-refractivity contribution in [1.82, 2.24) is 5.32 Å². The van der Waals surface area contributed by atoms with E-state index in [9.17, 15) is 18.0 Å². The van der Waals surface area contributed by atoms with Gasteiger partial charge in [0.15, 0.2) is 18.1 Å². The number of halogens is 3. The van der Waals surface area contributed by atoms with E-state index in [4.69, 9.17) is 39.6 Å². The number of phosphoric acid groups is 1. The highest BCUT2D eigenvalue weighted by Crippen LogP contribution is 2.34. The Bertz CT molecular complexity index is 1150. The molecule has 0 fully saturated rings. The van der Waals surface area contributed by atoms with E-state index in [1.165, 1.54) is 6.07 Å². The second kappa shape index (κ2) is 15.2. The van der Waals surface area contributed by atoms with Crippen molar-refractivity contribution in [2.45, 2.75) is 38.4 Å². The van der Waals surface area contributed by atoms with Crippen LogP contribution in [0, 0.1) is 0 Å². The van der Waals surface area contributed by atoms with Crippen molar-refractivity contribution in [1.29, 1.82) is 0 Å². The fourth-order valence-corrected chi connectivity index (χ4v) is 4.22. The first-order chi connectivity index (χ1) is 18.7. The Morgan fingerprint density at radius 2 is 1.80 bits per heavy atom. The SMILES string of the molecule is C[C@H](Cc1cc2c(c(C(N)=O)c1)N(CCCO)CC2)NCCOc1ccccc1OCC(F)(F)F.O=P(O)(O)O. The summed E-state index contributed by atoms with van der Waals surface area (Å²) in [5.74, 6) is -0.177. The molecule has 0 bridgehead atoms. The van der Waals surface area contributed by atoms with E-state index in [0.29, 0.717) is 31.5 Å². The number of alkyl halides is 3. The third-order valence-corrected chi connectivity index (χ3v) is 5.70. The monoisotopic (exact) mass is 593 g/mol. The van der Waals surface area contributed by atoms with Crippen molar-refractivity contribution in [2.75, 3.05) is 44.4 Å². The fourth-order valence-electron chi connectivity index (χ4n) is 4.22. The Labute approximate surface area is 229 Å². The number of nitrogens with two attached hydrogens (primary N) is 1. The van der Waals surface area contributed by atoms with Gasteiger partial charge in [-0.25, -0.2) is 4.57 Å². The Kier molecular flexibility index (Phi) is 12.7. The number of aliphatic hydroxyl groups excluding tert-OH is 1. The third kappa shape index (κ3) is 12.1. The average Bonchev–Trinajstić information content (AvgIpc) is 3.25. The third-order valence-electron chi connectivity index (χ3n) is 5.70. The van der Waals surface area contributed by atoms with Gasteiger partial charge in [-0.2, -0.15) is 13.2 Å². The number of primary amides is 1. The van der Waals surface area contributed by atoms with Crippen LogP contribution < -0.4 is 25.4 Å². The van der Waals surface area contributed by atoms with Crippen LogP contribution in [0.4, 0.5) is 18.9 Å². The number of nitrogens with zero attached hydrogens (tertiary/aromatic N) is 1. The number of carbonyl (C=O) groups is 1. The average molecular weight is 594 g/mol. The number of anilines is 1. The van der Waals surface area contributed by atoms with Crippen LogP contribution in [0.1, 0.15) is 34.8 Å². The molecule has 11 nitrogen and oxygen atoms in total. The van der Waals surface area contributed by atoms with E-state index >= 15 is 0 Å². The van der Waals surface area contributed by atoms with Crippen LogP contribution in [-0.4, -0.2) is 77.4 Å². The lowest BCUT2D eigenvalue weighted by Gasteiger charge is -2.22. The van der Waals surface area contributed by atoms with Crippen molar-refractivity contribution in [3.8, 4) is 11.5 Å². The van der Waals surface area contributed by atoms with Gasteiger partial charge in [0.25, 0.3) is 5.91 Å². The number of hydrogen-bond donors (Lipinski definition) is 6. The molecule has 40 heavy (non-hydrogen) atoms. The molecule has 7 N–H and O–H groups in total. The van der Waals surface area contributed by atoms with E-state index in [-0.39, 0.29) is 30.8 Å². The number of carbonyl (C=O) groups excluding carboxylic acids is 1. The lowest BCUT2D eigenvalue weighted by Crippen LogP contribution is -2.32. The molecule has 1 heterocycles. The van der Waals surface area contributed by atoms with Crippen molar-refractivity contribution in [3.05, 3.63) is 53.1 Å². The first-order valence-electron chi connectivity index (χ1n) is 12.4. The predicted molar refractivity (Wildman–Crippen MR) is 141 cm³/mol. The summed E-state index contributed by atoms with van der Waals surface area (Å²) in [6.07, 6.45) is -2.31. The van der Waals surface area contributed by atoms with Gasteiger partial charge < -0.3 is 45.2 Å². The molecule has 0 aromatic heterocycles. The van der Waals surface area contributed by atoms with Gasteiger partial charge in [0.2, 0.25) is 0 Å². The molecule has 0 saturated heterocycles. The van der Waals surface area contributed by atoms with E-state index < -0.39 is 26.5 Å². The first-order valence-corrected chi connectivity index (χ1v) is 14.0. The van der Waals surface area contributed by atoms with E-state index in [0.717, 1.165) is 29.8 Å². The summed E-state index contributed by atoms with van der Waals surface area (Å²) in [6.45, 7) is 2.89. The Balaban J connectivity index is 0.00000103. The molecule has 1 aliphatic heterocycles. The maximum atomic E-state index is 12.4. The van der Waals surface area contributed by atoms with Gasteiger partial charge in [0.1, 0.15) is 6.61 Å². The molecule has 2 aromatic rings. The fraction of sp³-hybridized carbons (Fsp3) is 0.480. The molecule has 1 amide bonds. The van der Waals surface area contributed by atoms with Gasteiger partial charge in [0.05, 0.1) is 11.3 Å². The normalized spacial score (nSPS) is 13.8. The van der Waals surface area contributed by atoms with Crippen LogP contribution in [0.15, 0.2) is 36.4 Å². The number of rotatable bonds is 13. The van der Waals surface area contributed by atoms with Crippen LogP contribution in [0.2, 0.25) is 0 Å². The number of amides is 1. The summed E-state index contributed by atoms with van der Waals surface area (Å²) in [4.78, 5) is 35.8. The Hall–Kier alpha value is -2.87. The number of fused-ring (bicyclic) bond motifs is 1. The zero-order chi connectivity index (χ0) is 29.9. The molecule has 2 aromatic carbocycles. The van der Waals surface area contributed by atoms with Gasteiger partial charge in [-0.15, -0.1) is 0 Å². The number of para-hydroxylation sites is 2. The van der Waals surface area contributed by atoms with E-state index in [1.807, 2.05) is 13.0 Å². The van der Waals surface area contributed by atoms with Crippen molar-refractivity contribution < 1.29 is 51.8 Å². The summed E-state index contributed by atoms with van der Waals surface area (Å²) in [6, 6.07) is 10.2. The summed E-state index contributed by atoms with van der Waals surface area (Å²) in [5.41, 5.74) is 9.12. The minimum absolute atomic E-state index is 0.0445. The molecular formula is C25H35F3N3O8P. The van der Waals surface area contributed by atoms with Crippen LogP contribution in [0.25, 0.3) is 0 Å². The molecule has 0 saturated carbocycles.